The molecule has 5 nitrogen and oxygen atoms in total. The van der Waals surface area contributed by atoms with Gasteiger partial charge in [0.1, 0.15) is 0 Å². The van der Waals surface area contributed by atoms with Crippen LogP contribution in [0, 0.1) is 0 Å². The topological polar surface area (TPSA) is 77.5 Å². The molecule has 0 radical (unpaired) electrons. The Hall–Kier alpha value is -1.17. The number of fused-ring (bicyclic) bond motifs is 1. The van der Waals surface area contributed by atoms with E-state index in [1.165, 1.54) is 4.90 Å². The SMILES string of the molecule is O=C([O-])CCCCCN1C(=O)c2ccccc2C1=O.[Na+]. The fourth-order valence-electron chi connectivity index (χ4n) is 2.16. The summed E-state index contributed by atoms with van der Waals surface area (Å²) >= 11 is 0. The molecule has 2 rings (SSSR count). The summed E-state index contributed by atoms with van der Waals surface area (Å²) in [5, 5.41) is 10.2. The quantitative estimate of drug-likeness (QED) is 0.331. The number of carboxylic acids is 1. The van der Waals surface area contributed by atoms with Gasteiger partial charge >= 0.3 is 29.6 Å². The molecule has 0 atom stereocenters. The number of carboxylic acid groups (broad SMARTS) is 1. The monoisotopic (exact) mass is 283 g/mol. The molecule has 0 unspecified atom stereocenters. The molecule has 0 N–H and O–H groups in total. The molecule has 1 aliphatic rings. The van der Waals surface area contributed by atoms with Crippen molar-refractivity contribution >= 4 is 17.8 Å². The predicted octanol–water partition coefficient (Wildman–Crippen LogP) is -2.40. The van der Waals surface area contributed by atoms with Crippen molar-refractivity contribution in [1.82, 2.24) is 4.90 Å². The molecule has 0 aliphatic carbocycles. The summed E-state index contributed by atoms with van der Waals surface area (Å²) in [6.07, 6.45) is 1.79. The third kappa shape index (κ3) is 3.69. The van der Waals surface area contributed by atoms with E-state index in [1.54, 1.807) is 24.3 Å². The van der Waals surface area contributed by atoms with Crippen LogP contribution >= 0.6 is 0 Å². The van der Waals surface area contributed by atoms with Crippen molar-refractivity contribution in [2.45, 2.75) is 25.7 Å². The summed E-state index contributed by atoms with van der Waals surface area (Å²) in [4.78, 5) is 35.4. The molecule has 100 valence electrons. The Bertz CT molecular complexity index is 495. The Balaban J connectivity index is 0.00000200. The summed E-state index contributed by atoms with van der Waals surface area (Å²) in [5.41, 5.74) is 0.893. The van der Waals surface area contributed by atoms with Gasteiger partial charge in [0.15, 0.2) is 0 Å². The molecule has 0 saturated carbocycles. The third-order valence-corrected chi connectivity index (χ3v) is 3.14. The van der Waals surface area contributed by atoms with Crippen molar-refractivity contribution in [1.29, 1.82) is 0 Å². The van der Waals surface area contributed by atoms with Crippen molar-refractivity contribution in [2.24, 2.45) is 0 Å². The van der Waals surface area contributed by atoms with Gasteiger partial charge in [-0.3, -0.25) is 14.5 Å². The van der Waals surface area contributed by atoms with Gasteiger partial charge in [0.25, 0.3) is 11.8 Å². The number of aliphatic carboxylic acids is 1. The van der Waals surface area contributed by atoms with E-state index >= 15 is 0 Å². The molecule has 1 aromatic carbocycles. The van der Waals surface area contributed by atoms with Crippen molar-refractivity contribution in [3.05, 3.63) is 35.4 Å². The summed E-state index contributed by atoms with van der Waals surface area (Å²) in [6.45, 7) is 0.333. The maximum atomic E-state index is 12.0. The molecular weight excluding hydrogens is 269 g/mol. The first-order chi connectivity index (χ1) is 9.11. The zero-order valence-corrected chi connectivity index (χ0v) is 13.4. The van der Waals surface area contributed by atoms with Crippen LogP contribution in [0.3, 0.4) is 0 Å². The number of nitrogens with zero attached hydrogens (tertiary/aromatic N) is 1. The molecule has 1 aromatic rings. The number of carbonyl (C=O) groups is 3. The number of hydrogen-bond acceptors (Lipinski definition) is 4. The summed E-state index contributed by atoms with van der Waals surface area (Å²) in [6, 6.07) is 6.75. The molecule has 0 bridgehead atoms. The van der Waals surface area contributed by atoms with E-state index in [4.69, 9.17) is 0 Å². The normalized spacial score (nSPS) is 13.1. The average molecular weight is 283 g/mol. The number of unbranched alkanes of at least 4 members (excludes halogenated alkanes) is 2. The number of imide groups is 1. The van der Waals surface area contributed by atoms with E-state index < -0.39 is 5.97 Å². The Kier molecular flexibility index (Phi) is 6.39. The molecule has 0 fully saturated rings. The molecule has 0 saturated heterocycles. The molecule has 1 aliphatic heterocycles. The second-order valence-electron chi connectivity index (χ2n) is 4.49. The van der Waals surface area contributed by atoms with Crippen LogP contribution in [-0.4, -0.2) is 29.2 Å². The van der Waals surface area contributed by atoms with Gasteiger partial charge in [0, 0.05) is 12.5 Å². The zero-order valence-electron chi connectivity index (χ0n) is 11.4. The Morgan fingerprint density at radius 2 is 1.55 bits per heavy atom. The summed E-state index contributed by atoms with van der Waals surface area (Å²) < 4.78 is 0. The van der Waals surface area contributed by atoms with E-state index in [9.17, 15) is 19.5 Å². The molecule has 2 amide bonds. The molecule has 0 spiro atoms. The number of carbonyl (C=O) groups excluding carboxylic acids is 3. The third-order valence-electron chi connectivity index (χ3n) is 3.14. The molecule has 0 aromatic heterocycles. The fourth-order valence-corrected chi connectivity index (χ4v) is 2.16. The van der Waals surface area contributed by atoms with E-state index in [-0.39, 0.29) is 47.8 Å². The van der Waals surface area contributed by atoms with Crippen LogP contribution in [0.15, 0.2) is 24.3 Å². The predicted molar refractivity (Wildman–Crippen MR) is 65.3 cm³/mol. The Morgan fingerprint density at radius 3 is 2.05 bits per heavy atom. The van der Waals surface area contributed by atoms with Gasteiger partial charge in [0.2, 0.25) is 0 Å². The van der Waals surface area contributed by atoms with E-state index in [1.807, 2.05) is 0 Å². The second-order valence-corrected chi connectivity index (χ2v) is 4.49. The Labute approximate surface area is 139 Å². The first-order valence-corrected chi connectivity index (χ1v) is 6.26. The summed E-state index contributed by atoms with van der Waals surface area (Å²) in [5.74, 6) is -1.60. The number of benzene rings is 1. The van der Waals surface area contributed by atoms with E-state index in [2.05, 4.69) is 0 Å². The maximum absolute atomic E-state index is 12.0. The number of hydrogen-bond donors (Lipinski definition) is 0. The molecule has 20 heavy (non-hydrogen) atoms. The van der Waals surface area contributed by atoms with Gasteiger partial charge in [-0.25, -0.2) is 0 Å². The van der Waals surface area contributed by atoms with Crippen LogP contribution in [0.1, 0.15) is 46.4 Å². The van der Waals surface area contributed by atoms with Crippen molar-refractivity contribution < 1.29 is 49.0 Å². The first kappa shape index (κ1) is 16.9. The van der Waals surface area contributed by atoms with Gasteiger partial charge in [-0.1, -0.05) is 18.6 Å². The van der Waals surface area contributed by atoms with Crippen LogP contribution in [-0.2, 0) is 4.79 Å². The Morgan fingerprint density at radius 1 is 1.00 bits per heavy atom. The van der Waals surface area contributed by atoms with E-state index in [0.717, 1.165) is 0 Å². The van der Waals surface area contributed by atoms with Crippen molar-refractivity contribution in [2.75, 3.05) is 6.54 Å². The second kappa shape index (κ2) is 7.57. The largest absolute Gasteiger partial charge is 1.00 e. The van der Waals surface area contributed by atoms with Crippen molar-refractivity contribution in [3.8, 4) is 0 Å². The maximum Gasteiger partial charge on any atom is 1.00 e. The molecule has 1 heterocycles. The van der Waals surface area contributed by atoms with Gasteiger partial charge in [-0.2, -0.15) is 0 Å². The standard InChI is InChI=1S/C14H15NO4.Na/c16-12(17)8-2-1-5-9-15-13(18)10-6-3-4-7-11(10)14(15)19;/h3-4,6-7H,1-2,5,8-9H2,(H,16,17);/q;+1/p-1. The van der Waals surface area contributed by atoms with Gasteiger partial charge in [-0.05, 0) is 31.4 Å². The van der Waals surface area contributed by atoms with Gasteiger partial charge in [-0.15, -0.1) is 0 Å². The van der Waals surface area contributed by atoms with Gasteiger partial charge < -0.3 is 9.90 Å². The fraction of sp³-hybridized carbons (Fsp3) is 0.357. The minimum absolute atomic E-state index is 0. The van der Waals surface area contributed by atoms with Crippen LogP contribution in [0.25, 0.3) is 0 Å². The molecule has 6 heteroatoms. The summed E-state index contributed by atoms with van der Waals surface area (Å²) in [7, 11) is 0. The minimum Gasteiger partial charge on any atom is -0.550 e. The smallest absolute Gasteiger partial charge is 0.550 e. The van der Waals surface area contributed by atoms with Crippen LogP contribution in [0.4, 0.5) is 0 Å². The van der Waals surface area contributed by atoms with Gasteiger partial charge in [0.05, 0.1) is 11.1 Å². The van der Waals surface area contributed by atoms with E-state index in [0.29, 0.717) is 36.9 Å². The number of rotatable bonds is 6. The molecular formula is C14H14NNaO4. The average Bonchev–Trinajstić information content (AvgIpc) is 2.63. The van der Waals surface area contributed by atoms with Crippen LogP contribution in [0.2, 0.25) is 0 Å². The van der Waals surface area contributed by atoms with Crippen molar-refractivity contribution in [3.63, 3.8) is 0 Å². The van der Waals surface area contributed by atoms with Crippen LogP contribution in [0.5, 0.6) is 0 Å². The minimum atomic E-state index is -1.07. The number of amides is 2. The first-order valence-electron chi connectivity index (χ1n) is 6.26. The zero-order chi connectivity index (χ0) is 13.8. The van der Waals surface area contributed by atoms with Crippen LogP contribution < -0.4 is 34.7 Å².